The molecule has 0 saturated carbocycles. The summed E-state index contributed by atoms with van der Waals surface area (Å²) in [5.74, 6) is -0.192. The van der Waals surface area contributed by atoms with Crippen LogP contribution in [0.2, 0.25) is 0 Å². The Morgan fingerprint density at radius 2 is 2.29 bits per heavy atom. The van der Waals surface area contributed by atoms with Crippen molar-refractivity contribution in [3.05, 3.63) is 23.3 Å². The third-order valence-corrected chi connectivity index (χ3v) is 3.53. The Kier molecular flexibility index (Phi) is 2.36. The predicted molar refractivity (Wildman–Crippen MR) is 59.0 cm³/mol. The second-order valence-corrected chi connectivity index (χ2v) is 4.77. The Morgan fingerprint density at radius 3 is 2.88 bits per heavy atom. The molecule has 3 heterocycles. The van der Waals surface area contributed by atoms with Gasteiger partial charge in [-0.3, -0.25) is 0 Å². The van der Waals surface area contributed by atoms with Gasteiger partial charge in [0.25, 0.3) is 0 Å². The van der Waals surface area contributed by atoms with Gasteiger partial charge < -0.3 is 9.84 Å². The quantitative estimate of drug-likeness (QED) is 0.839. The molecule has 5 nitrogen and oxygen atoms in total. The number of aryl methyl sites for hydroxylation is 1. The van der Waals surface area contributed by atoms with Gasteiger partial charge in [0.05, 0.1) is 12.2 Å². The van der Waals surface area contributed by atoms with Crippen LogP contribution in [0.15, 0.2) is 6.07 Å². The molecule has 17 heavy (non-hydrogen) atoms. The van der Waals surface area contributed by atoms with Crippen LogP contribution in [0, 0.1) is 6.92 Å². The molecule has 1 N–H and O–H groups in total. The summed E-state index contributed by atoms with van der Waals surface area (Å²) < 4.78 is 5.75. The zero-order chi connectivity index (χ0) is 12.0. The average Bonchev–Trinajstić information content (AvgIpc) is 2.89. The van der Waals surface area contributed by atoms with Crippen molar-refractivity contribution in [1.82, 2.24) is 9.97 Å². The van der Waals surface area contributed by atoms with Crippen LogP contribution in [-0.4, -0.2) is 33.3 Å². The smallest absolute Gasteiger partial charge is 0.354 e. The van der Waals surface area contributed by atoms with Crippen molar-refractivity contribution in [2.75, 3.05) is 0 Å². The maximum Gasteiger partial charge on any atom is 0.354 e. The molecule has 0 aromatic carbocycles. The van der Waals surface area contributed by atoms with Gasteiger partial charge in [-0.1, -0.05) is 0 Å². The van der Waals surface area contributed by atoms with Crippen LogP contribution in [0.1, 0.15) is 47.2 Å². The maximum atomic E-state index is 11.0. The maximum absolute atomic E-state index is 11.0. The number of rotatable bonds is 2. The molecule has 2 aliphatic heterocycles. The average molecular weight is 234 g/mol. The molecule has 2 aliphatic rings. The highest BCUT2D eigenvalue weighted by Crippen LogP contribution is 2.43. The summed E-state index contributed by atoms with van der Waals surface area (Å²) in [5.41, 5.74) is 0.783. The molecule has 0 aliphatic carbocycles. The lowest BCUT2D eigenvalue weighted by Crippen LogP contribution is -2.19. The van der Waals surface area contributed by atoms with Gasteiger partial charge in [-0.2, -0.15) is 0 Å². The highest BCUT2D eigenvalue weighted by atomic mass is 16.5. The molecule has 2 fully saturated rings. The van der Waals surface area contributed by atoms with Crippen LogP contribution in [0.25, 0.3) is 0 Å². The van der Waals surface area contributed by atoms with E-state index in [4.69, 9.17) is 9.84 Å². The molecule has 1 aromatic rings. The zero-order valence-corrected chi connectivity index (χ0v) is 9.59. The van der Waals surface area contributed by atoms with Gasteiger partial charge in [-0.05, 0) is 32.3 Å². The van der Waals surface area contributed by atoms with Crippen molar-refractivity contribution in [3.8, 4) is 0 Å². The van der Waals surface area contributed by atoms with Crippen LogP contribution < -0.4 is 0 Å². The van der Waals surface area contributed by atoms with E-state index in [1.54, 1.807) is 6.92 Å². The molecular formula is C12H14N2O3. The second kappa shape index (κ2) is 3.77. The minimum Gasteiger partial charge on any atom is -0.477 e. The van der Waals surface area contributed by atoms with Crippen molar-refractivity contribution in [1.29, 1.82) is 0 Å². The minimum atomic E-state index is -0.999. The number of hydrogen-bond acceptors (Lipinski definition) is 4. The molecule has 0 spiro atoms. The van der Waals surface area contributed by atoms with Crippen LogP contribution in [-0.2, 0) is 4.74 Å². The highest BCUT2D eigenvalue weighted by molar-refractivity contribution is 5.85. The Balaban J connectivity index is 1.95. The van der Waals surface area contributed by atoms with Crippen molar-refractivity contribution in [2.45, 2.75) is 44.3 Å². The van der Waals surface area contributed by atoms with E-state index in [1.165, 1.54) is 6.07 Å². The molecular weight excluding hydrogens is 220 g/mol. The Labute approximate surface area is 98.8 Å². The SMILES string of the molecule is Cc1cc(C(=O)O)nc(C2CC3CCC2O3)n1. The third kappa shape index (κ3) is 1.80. The van der Waals surface area contributed by atoms with Gasteiger partial charge in [-0.25, -0.2) is 14.8 Å². The Morgan fingerprint density at radius 1 is 1.47 bits per heavy atom. The normalized spacial score (nSPS) is 30.8. The first-order valence-electron chi connectivity index (χ1n) is 5.88. The summed E-state index contributed by atoms with van der Waals surface area (Å²) in [5, 5.41) is 8.99. The van der Waals surface area contributed by atoms with E-state index in [1.807, 2.05) is 0 Å². The van der Waals surface area contributed by atoms with E-state index in [0.29, 0.717) is 17.6 Å². The van der Waals surface area contributed by atoms with Gasteiger partial charge in [0.15, 0.2) is 5.69 Å². The number of hydrogen-bond donors (Lipinski definition) is 1. The third-order valence-electron chi connectivity index (χ3n) is 3.53. The summed E-state index contributed by atoms with van der Waals surface area (Å²) in [7, 11) is 0. The van der Waals surface area contributed by atoms with Gasteiger partial charge in [0, 0.05) is 11.6 Å². The summed E-state index contributed by atoms with van der Waals surface area (Å²) >= 11 is 0. The topological polar surface area (TPSA) is 72.3 Å². The molecule has 3 atom stereocenters. The summed E-state index contributed by atoms with van der Waals surface area (Å²) in [6.45, 7) is 1.80. The van der Waals surface area contributed by atoms with Crippen molar-refractivity contribution >= 4 is 5.97 Å². The number of fused-ring (bicyclic) bond motifs is 2. The molecule has 3 rings (SSSR count). The Bertz CT molecular complexity index is 475. The molecule has 5 heteroatoms. The monoisotopic (exact) mass is 234 g/mol. The molecule has 3 unspecified atom stereocenters. The number of carboxylic acids is 1. The lowest BCUT2D eigenvalue weighted by Gasteiger charge is -2.17. The second-order valence-electron chi connectivity index (χ2n) is 4.77. The first kappa shape index (κ1) is 10.7. The number of aromatic carboxylic acids is 1. The van der Waals surface area contributed by atoms with Crippen LogP contribution >= 0.6 is 0 Å². The molecule has 1 aromatic heterocycles. The van der Waals surface area contributed by atoms with Crippen molar-refractivity contribution in [2.24, 2.45) is 0 Å². The molecule has 0 radical (unpaired) electrons. The summed E-state index contributed by atoms with van der Waals surface area (Å²) in [6.07, 6.45) is 3.58. The fourth-order valence-corrected chi connectivity index (χ4v) is 2.78. The van der Waals surface area contributed by atoms with E-state index in [9.17, 15) is 4.79 Å². The van der Waals surface area contributed by atoms with E-state index in [0.717, 1.165) is 19.3 Å². The lowest BCUT2D eigenvalue weighted by molar-refractivity contribution is 0.0688. The van der Waals surface area contributed by atoms with Crippen molar-refractivity contribution < 1.29 is 14.6 Å². The summed E-state index contributed by atoms with van der Waals surface area (Å²) in [4.78, 5) is 19.5. The number of nitrogens with zero attached hydrogens (tertiary/aromatic N) is 2. The molecule has 90 valence electrons. The van der Waals surface area contributed by atoms with E-state index in [2.05, 4.69) is 9.97 Å². The van der Waals surface area contributed by atoms with Crippen molar-refractivity contribution in [3.63, 3.8) is 0 Å². The lowest BCUT2D eigenvalue weighted by atomic mass is 9.88. The van der Waals surface area contributed by atoms with Crippen LogP contribution in [0.3, 0.4) is 0 Å². The van der Waals surface area contributed by atoms with E-state index in [-0.39, 0.29) is 17.7 Å². The first-order valence-corrected chi connectivity index (χ1v) is 5.88. The zero-order valence-electron chi connectivity index (χ0n) is 9.59. The van der Waals surface area contributed by atoms with Crippen LogP contribution in [0.4, 0.5) is 0 Å². The van der Waals surface area contributed by atoms with Gasteiger partial charge in [-0.15, -0.1) is 0 Å². The highest BCUT2D eigenvalue weighted by Gasteiger charge is 2.43. The Hall–Kier alpha value is -1.49. The number of ether oxygens (including phenoxy) is 1. The van der Waals surface area contributed by atoms with E-state index < -0.39 is 5.97 Å². The molecule has 2 saturated heterocycles. The summed E-state index contributed by atoms with van der Waals surface area (Å²) in [6, 6.07) is 1.50. The predicted octanol–water partition coefficient (Wildman–Crippen LogP) is 1.52. The van der Waals surface area contributed by atoms with E-state index >= 15 is 0 Å². The number of carboxylic acid groups (broad SMARTS) is 1. The van der Waals surface area contributed by atoms with Gasteiger partial charge in [0.2, 0.25) is 0 Å². The van der Waals surface area contributed by atoms with Gasteiger partial charge >= 0.3 is 5.97 Å². The first-order chi connectivity index (χ1) is 8.13. The van der Waals surface area contributed by atoms with Gasteiger partial charge in [0.1, 0.15) is 5.82 Å². The largest absolute Gasteiger partial charge is 0.477 e. The molecule has 2 bridgehead atoms. The number of aromatic nitrogens is 2. The molecule has 0 amide bonds. The minimum absolute atomic E-state index is 0.0790. The standard InChI is InChI=1S/C12H14N2O3/c1-6-4-9(12(15)16)14-11(13-6)8-5-7-2-3-10(8)17-7/h4,7-8,10H,2-3,5H2,1H3,(H,15,16). The fraction of sp³-hybridized carbons (Fsp3) is 0.583. The number of carbonyl (C=O) groups is 1. The van der Waals surface area contributed by atoms with Crippen LogP contribution in [0.5, 0.6) is 0 Å². The fourth-order valence-electron chi connectivity index (χ4n) is 2.78.